The predicted octanol–water partition coefficient (Wildman–Crippen LogP) is 2.73. The Bertz CT molecular complexity index is 591. The zero-order valence-electron chi connectivity index (χ0n) is 10.6. The van der Waals surface area contributed by atoms with E-state index in [9.17, 15) is 0 Å². The van der Waals surface area contributed by atoms with Gasteiger partial charge in [0.2, 0.25) is 0 Å². The highest BCUT2D eigenvalue weighted by Crippen LogP contribution is 2.26. The number of imidazole rings is 1. The molecular formula is C15H17N3. The molecule has 0 aliphatic carbocycles. The summed E-state index contributed by atoms with van der Waals surface area (Å²) in [4.78, 5) is 4.72. The topological polar surface area (TPSA) is 43.8 Å². The highest BCUT2D eigenvalue weighted by atomic mass is 15.1. The Labute approximate surface area is 107 Å². The lowest BCUT2D eigenvalue weighted by Crippen LogP contribution is -2.11. The van der Waals surface area contributed by atoms with Gasteiger partial charge in [0, 0.05) is 18.7 Å². The smallest absolute Gasteiger partial charge is 0.133 e. The van der Waals surface area contributed by atoms with Gasteiger partial charge in [0.05, 0.1) is 11.4 Å². The molecular weight excluding hydrogens is 222 g/mol. The van der Waals surface area contributed by atoms with Crippen molar-refractivity contribution in [2.24, 2.45) is 5.73 Å². The molecule has 1 aliphatic rings. The molecule has 0 radical (unpaired) electrons. The summed E-state index contributed by atoms with van der Waals surface area (Å²) in [6.45, 7) is 3.61. The van der Waals surface area contributed by atoms with Crippen LogP contribution in [0, 0.1) is 6.92 Å². The van der Waals surface area contributed by atoms with E-state index in [2.05, 4.69) is 47.9 Å². The number of nitrogens with zero attached hydrogens (tertiary/aromatic N) is 2. The van der Waals surface area contributed by atoms with Crippen LogP contribution in [0.25, 0.3) is 17.3 Å². The van der Waals surface area contributed by atoms with E-state index >= 15 is 0 Å². The molecule has 3 heteroatoms. The standard InChI is InChI=1S/C15H17N3/c1-11-5-7-12(8-6-11)15-13(10-16)18-9-3-2-4-14(18)17-15/h2,4-8H,3,9-10,16H2,1H3. The average molecular weight is 239 g/mol. The van der Waals surface area contributed by atoms with Gasteiger partial charge in [0.1, 0.15) is 5.82 Å². The lowest BCUT2D eigenvalue weighted by Gasteiger charge is -2.11. The first-order valence-electron chi connectivity index (χ1n) is 6.32. The first-order chi connectivity index (χ1) is 8.79. The van der Waals surface area contributed by atoms with Gasteiger partial charge >= 0.3 is 0 Å². The molecule has 92 valence electrons. The van der Waals surface area contributed by atoms with Gasteiger partial charge in [0.15, 0.2) is 0 Å². The van der Waals surface area contributed by atoms with Crippen LogP contribution in [0.1, 0.15) is 23.5 Å². The maximum absolute atomic E-state index is 5.90. The average Bonchev–Trinajstić information content (AvgIpc) is 2.78. The van der Waals surface area contributed by atoms with Crippen LogP contribution in [-0.4, -0.2) is 9.55 Å². The maximum atomic E-state index is 5.90. The van der Waals surface area contributed by atoms with E-state index in [4.69, 9.17) is 10.7 Å². The second kappa shape index (κ2) is 4.42. The van der Waals surface area contributed by atoms with Crippen LogP contribution >= 0.6 is 0 Å². The number of benzene rings is 1. The van der Waals surface area contributed by atoms with Crippen molar-refractivity contribution in [2.75, 3.05) is 0 Å². The van der Waals surface area contributed by atoms with Gasteiger partial charge in [-0.3, -0.25) is 0 Å². The van der Waals surface area contributed by atoms with Crippen molar-refractivity contribution in [3.05, 3.63) is 47.4 Å². The normalized spacial score (nSPS) is 13.7. The van der Waals surface area contributed by atoms with Crippen molar-refractivity contribution in [1.29, 1.82) is 0 Å². The van der Waals surface area contributed by atoms with Crippen molar-refractivity contribution in [3.63, 3.8) is 0 Å². The van der Waals surface area contributed by atoms with Gasteiger partial charge in [-0.05, 0) is 19.4 Å². The molecule has 0 bridgehead atoms. The van der Waals surface area contributed by atoms with E-state index in [-0.39, 0.29) is 0 Å². The van der Waals surface area contributed by atoms with E-state index in [1.54, 1.807) is 0 Å². The van der Waals surface area contributed by atoms with E-state index in [0.29, 0.717) is 6.54 Å². The Morgan fingerprint density at radius 3 is 2.78 bits per heavy atom. The van der Waals surface area contributed by atoms with Crippen molar-refractivity contribution in [2.45, 2.75) is 26.4 Å². The minimum absolute atomic E-state index is 0.532. The predicted molar refractivity (Wildman–Crippen MR) is 73.9 cm³/mol. The van der Waals surface area contributed by atoms with Crippen LogP contribution in [0.5, 0.6) is 0 Å². The number of fused-ring (bicyclic) bond motifs is 1. The number of allylic oxidation sites excluding steroid dienone is 1. The molecule has 1 aliphatic heterocycles. The Morgan fingerprint density at radius 2 is 2.06 bits per heavy atom. The van der Waals surface area contributed by atoms with Crippen molar-refractivity contribution >= 4 is 6.08 Å². The van der Waals surface area contributed by atoms with E-state index in [0.717, 1.165) is 35.7 Å². The van der Waals surface area contributed by atoms with Crippen molar-refractivity contribution in [1.82, 2.24) is 9.55 Å². The van der Waals surface area contributed by atoms with Crippen LogP contribution in [0.15, 0.2) is 30.3 Å². The number of rotatable bonds is 2. The Balaban J connectivity index is 2.14. The lowest BCUT2D eigenvalue weighted by atomic mass is 10.1. The third kappa shape index (κ3) is 1.77. The fourth-order valence-electron chi connectivity index (χ4n) is 2.42. The van der Waals surface area contributed by atoms with Crippen molar-refractivity contribution in [3.8, 4) is 11.3 Å². The highest BCUT2D eigenvalue weighted by Gasteiger charge is 2.17. The first kappa shape index (κ1) is 11.2. The van der Waals surface area contributed by atoms with Crippen LogP contribution in [-0.2, 0) is 13.1 Å². The number of aromatic nitrogens is 2. The van der Waals surface area contributed by atoms with Crippen LogP contribution in [0.4, 0.5) is 0 Å². The minimum Gasteiger partial charge on any atom is -0.326 e. The molecule has 3 rings (SSSR count). The lowest BCUT2D eigenvalue weighted by molar-refractivity contribution is 0.655. The van der Waals surface area contributed by atoms with Crippen molar-refractivity contribution < 1.29 is 0 Å². The molecule has 18 heavy (non-hydrogen) atoms. The fourth-order valence-corrected chi connectivity index (χ4v) is 2.42. The Hall–Kier alpha value is -1.87. The van der Waals surface area contributed by atoms with Gasteiger partial charge < -0.3 is 10.3 Å². The third-order valence-electron chi connectivity index (χ3n) is 3.41. The van der Waals surface area contributed by atoms with Crippen LogP contribution < -0.4 is 5.73 Å². The van der Waals surface area contributed by atoms with E-state index in [1.807, 2.05) is 0 Å². The van der Waals surface area contributed by atoms with Gasteiger partial charge in [0.25, 0.3) is 0 Å². The summed E-state index contributed by atoms with van der Waals surface area (Å²) >= 11 is 0. The molecule has 2 aromatic rings. The number of hydrogen-bond acceptors (Lipinski definition) is 2. The molecule has 2 N–H and O–H groups in total. The number of hydrogen-bond donors (Lipinski definition) is 1. The Kier molecular flexibility index (Phi) is 2.76. The van der Waals surface area contributed by atoms with Gasteiger partial charge in [-0.1, -0.05) is 35.9 Å². The quantitative estimate of drug-likeness (QED) is 0.875. The molecule has 0 spiro atoms. The molecule has 0 amide bonds. The second-order valence-corrected chi connectivity index (χ2v) is 4.68. The maximum Gasteiger partial charge on any atom is 0.133 e. The minimum atomic E-state index is 0.532. The zero-order valence-corrected chi connectivity index (χ0v) is 10.6. The summed E-state index contributed by atoms with van der Waals surface area (Å²) in [7, 11) is 0. The fraction of sp³-hybridized carbons (Fsp3) is 0.267. The molecule has 2 heterocycles. The monoisotopic (exact) mass is 239 g/mol. The number of aryl methyl sites for hydroxylation is 1. The molecule has 1 aromatic carbocycles. The van der Waals surface area contributed by atoms with Gasteiger partial charge in [-0.2, -0.15) is 0 Å². The van der Waals surface area contributed by atoms with E-state index < -0.39 is 0 Å². The third-order valence-corrected chi connectivity index (χ3v) is 3.41. The summed E-state index contributed by atoms with van der Waals surface area (Å²) in [6, 6.07) is 8.46. The largest absolute Gasteiger partial charge is 0.326 e. The van der Waals surface area contributed by atoms with Gasteiger partial charge in [-0.15, -0.1) is 0 Å². The Morgan fingerprint density at radius 1 is 1.28 bits per heavy atom. The summed E-state index contributed by atoms with van der Waals surface area (Å²) in [5.41, 5.74) is 10.5. The second-order valence-electron chi connectivity index (χ2n) is 4.68. The molecule has 0 atom stereocenters. The molecule has 0 saturated carbocycles. The summed E-state index contributed by atoms with van der Waals surface area (Å²) in [6.07, 6.45) is 5.31. The molecule has 3 nitrogen and oxygen atoms in total. The molecule has 0 fully saturated rings. The number of nitrogens with two attached hydrogens (primary N) is 1. The summed E-state index contributed by atoms with van der Waals surface area (Å²) in [5.74, 6) is 1.03. The first-order valence-corrected chi connectivity index (χ1v) is 6.32. The molecule has 0 saturated heterocycles. The summed E-state index contributed by atoms with van der Waals surface area (Å²) < 4.78 is 2.23. The summed E-state index contributed by atoms with van der Waals surface area (Å²) in [5, 5.41) is 0. The van der Waals surface area contributed by atoms with E-state index in [1.165, 1.54) is 5.56 Å². The molecule has 0 unspecified atom stereocenters. The van der Waals surface area contributed by atoms with Gasteiger partial charge in [-0.25, -0.2) is 4.98 Å². The zero-order chi connectivity index (χ0) is 12.5. The highest BCUT2D eigenvalue weighted by molar-refractivity contribution is 5.65. The SMILES string of the molecule is Cc1ccc(-c2nc3n(c2CN)CCC=C3)cc1. The van der Waals surface area contributed by atoms with Crippen LogP contribution in [0.2, 0.25) is 0 Å². The molecule has 1 aromatic heterocycles. The van der Waals surface area contributed by atoms with Crippen LogP contribution in [0.3, 0.4) is 0 Å².